The molecule has 1 aliphatic heterocycles. The highest BCUT2D eigenvalue weighted by Crippen LogP contribution is 2.36. The minimum atomic E-state index is -0.735. The molecule has 2 amide bonds. The molecule has 0 spiro atoms. The average Bonchev–Trinajstić information content (AvgIpc) is 3.17. The van der Waals surface area contributed by atoms with Gasteiger partial charge in [-0.25, -0.2) is 5.48 Å². The molecule has 2 N–H and O–H groups in total. The quantitative estimate of drug-likeness (QED) is 0.472. The number of amides is 2. The molecule has 1 saturated heterocycles. The van der Waals surface area contributed by atoms with Crippen molar-refractivity contribution in [2.24, 2.45) is 0 Å². The van der Waals surface area contributed by atoms with E-state index in [0.29, 0.717) is 25.3 Å². The average molecular weight is 419 g/mol. The molecule has 1 fully saturated rings. The van der Waals surface area contributed by atoms with Gasteiger partial charge in [-0.2, -0.15) is 0 Å². The molecule has 0 radical (unpaired) electrons. The highest BCUT2D eigenvalue weighted by atomic mass is 16.5. The molecule has 7 heteroatoms. The molecule has 1 aromatic heterocycles. The molecule has 0 aliphatic carbocycles. The fraction of sp³-hybridized carbons (Fsp3) is 0.292. The largest absolute Gasteiger partial charge is 0.489 e. The number of fused-ring (bicyclic) bond motifs is 1. The number of benzene rings is 2. The fourth-order valence-electron chi connectivity index (χ4n) is 4.18. The summed E-state index contributed by atoms with van der Waals surface area (Å²) in [5.41, 5.74) is 5.31. The van der Waals surface area contributed by atoms with Gasteiger partial charge in [-0.1, -0.05) is 36.4 Å². The summed E-state index contributed by atoms with van der Waals surface area (Å²) in [7, 11) is 0. The number of hydrogen-bond donors (Lipinski definition) is 2. The molecular formula is C24H25N3O4. The van der Waals surface area contributed by atoms with Gasteiger partial charge in [0.25, 0.3) is 5.91 Å². The Morgan fingerprint density at radius 2 is 2.00 bits per heavy atom. The summed E-state index contributed by atoms with van der Waals surface area (Å²) < 4.78 is 6.19. The van der Waals surface area contributed by atoms with E-state index in [1.807, 2.05) is 61.5 Å². The monoisotopic (exact) mass is 419 g/mol. The van der Waals surface area contributed by atoms with Crippen LogP contribution in [-0.2, 0) is 16.2 Å². The van der Waals surface area contributed by atoms with Crippen LogP contribution in [0.5, 0.6) is 5.75 Å². The molecule has 2 aromatic carbocycles. The van der Waals surface area contributed by atoms with Crippen LogP contribution in [0.1, 0.15) is 36.1 Å². The molecular weight excluding hydrogens is 394 g/mol. The van der Waals surface area contributed by atoms with Crippen molar-refractivity contribution < 1.29 is 19.5 Å². The van der Waals surface area contributed by atoms with Crippen molar-refractivity contribution in [2.45, 2.75) is 38.8 Å². The minimum Gasteiger partial charge on any atom is -0.489 e. The van der Waals surface area contributed by atoms with Gasteiger partial charge >= 0.3 is 0 Å². The van der Waals surface area contributed by atoms with Crippen LogP contribution in [0, 0.1) is 6.92 Å². The van der Waals surface area contributed by atoms with E-state index in [1.54, 1.807) is 12.4 Å². The molecule has 7 nitrogen and oxygen atoms in total. The lowest BCUT2D eigenvalue weighted by atomic mass is 9.96. The predicted octanol–water partition coefficient (Wildman–Crippen LogP) is 3.33. The van der Waals surface area contributed by atoms with Crippen LogP contribution < -0.4 is 10.2 Å². The SMILES string of the molecule is Cc1cc(COc2ccccc2[C@H]2CCN([C@H](C)C(=O)NO)C2=O)c2ccccc2n1. The molecule has 3 aromatic rings. The number of carbonyl (C=O) groups is 2. The second-order valence-electron chi connectivity index (χ2n) is 7.79. The number of ether oxygens (including phenoxy) is 1. The van der Waals surface area contributed by atoms with Crippen molar-refractivity contribution in [3.05, 3.63) is 71.4 Å². The zero-order valence-electron chi connectivity index (χ0n) is 17.5. The molecule has 2 heterocycles. The first-order chi connectivity index (χ1) is 15.0. The van der Waals surface area contributed by atoms with Crippen LogP contribution >= 0.6 is 0 Å². The topological polar surface area (TPSA) is 91.8 Å². The van der Waals surface area contributed by atoms with E-state index in [0.717, 1.165) is 27.7 Å². The first-order valence-corrected chi connectivity index (χ1v) is 10.3. The highest BCUT2D eigenvalue weighted by molar-refractivity contribution is 5.92. The Labute approximate surface area is 180 Å². The first kappa shape index (κ1) is 20.8. The smallest absolute Gasteiger partial charge is 0.265 e. The van der Waals surface area contributed by atoms with Gasteiger partial charge in [0.15, 0.2) is 0 Å². The summed E-state index contributed by atoms with van der Waals surface area (Å²) in [6.07, 6.45) is 0.583. The van der Waals surface area contributed by atoms with Crippen molar-refractivity contribution >= 4 is 22.7 Å². The van der Waals surface area contributed by atoms with E-state index in [9.17, 15) is 9.59 Å². The number of nitrogens with zero attached hydrogens (tertiary/aromatic N) is 2. The Kier molecular flexibility index (Phi) is 5.86. The number of likely N-dealkylation sites (tertiary alicyclic amines) is 1. The van der Waals surface area contributed by atoms with Gasteiger partial charge in [-0.3, -0.25) is 19.8 Å². The lowest BCUT2D eigenvalue weighted by Crippen LogP contribution is -2.45. The van der Waals surface area contributed by atoms with E-state index < -0.39 is 11.9 Å². The van der Waals surface area contributed by atoms with Gasteiger partial charge < -0.3 is 9.64 Å². The summed E-state index contributed by atoms with van der Waals surface area (Å²) in [5, 5.41) is 9.93. The minimum absolute atomic E-state index is 0.141. The predicted molar refractivity (Wildman–Crippen MR) is 116 cm³/mol. The van der Waals surface area contributed by atoms with E-state index in [4.69, 9.17) is 9.94 Å². The molecule has 0 unspecified atom stereocenters. The number of nitrogens with one attached hydrogen (secondary N) is 1. The van der Waals surface area contributed by atoms with Gasteiger partial charge in [-0.05, 0) is 38.5 Å². The number of aryl methyl sites for hydroxylation is 1. The maximum absolute atomic E-state index is 13.0. The highest BCUT2D eigenvalue weighted by Gasteiger charge is 2.38. The Morgan fingerprint density at radius 3 is 2.81 bits per heavy atom. The van der Waals surface area contributed by atoms with Crippen LogP contribution in [0.25, 0.3) is 10.9 Å². The Hall–Kier alpha value is -3.45. The lowest BCUT2D eigenvalue weighted by molar-refractivity contribution is -0.141. The van der Waals surface area contributed by atoms with E-state index >= 15 is 0 Å². The Morgan fingerprint density at radius 1 is 1.26 bits per heavy atom. The van der Waals surface area contributed by atoms with Crippen LogP contribution in [0.15, 0.2) is 54.6 Å². The van der Waals surface area contributed by atoms with Gasteiger partial charge in [0.2, 0.25) is 5.91 Å². The summed E-state index contributed by atoms with van der Waals surface area (Å²) in [4.78, 5) is 30.8. The Bertz CT molecular complexity index is 1130. The number of para-hydroxylation sites is 2. The molecule has 2 atom stereocenters. The maximum Gasteiger partial charge on any atom is 0.265 e. The summed E-state index contributed by atoms with van der Waals surface area (Å²) in [6.45, 7) is 4.36. The number of carbonyl (C=O) groups excluding carboxylic acids is 2. The van der Waals surface area contributed by atoms with Gasteiger partial charge in [0.1, 0.15) is 18.4 Å². The molecule has 160 valence electrons. The van der Waals surface area contributed by atoms with Crippen molar-refractivity contribution in [1.82, 2.24) is 15.4 Å². The van der Waals surface area contributed by atoms with E-state index in [1.165, 1.54) is 4.90 Å². The number of pyridine rings is 1. The molecule has 31 heavy (non-hydrogen) atoms. The van der Waals surface area contributed by atoms with Crippen LogP contribution in [0.2, 0.25) is 0 Å². The van der Waals surface area contributed by atoms with Gasteiger partial charge in [0, 0.05) is 28.8 Å². The molecule has 1 aliphatic rings. The van der Waals surface area contributed by atoms with Gasteiger partial charge in [-0.15, -0.1) is 0 Å². The normalized spacial score (nSPS) is 17.1. The van der Waals surface area contributed by atoms with Crippen molar-refractivity contribution in [3.63, 3.8) is 0 Å². The third-order valence-corrected chi connectivity index (χ3v) is 5.80. The first-order valence-electron chi connectivity index (χ1n) is 10.3. The Balaban J connectivity index is 1.57. The number of hydroxylamine groups is 1. The van der Waals surface area contributed by atoms with Crippen molar-refractivity contribution in [1.29, 1.82) is 0 Å². The fourth-order valence-corrected chi connectivity index (χ4v) is 4.18. The third kappa shape index (κ3) is 4.09. The van der Waals surface area contributed by atoms with Crippen LogP contribution in [-0.4, -0.2) is 39.5 Å². The second-order valence-corrected chi connectivity index (χ2v) is 7.79. The maximum atomic E-state index is 13.0. The zero-order valence-corrected chi connectivity index (χ0v) is 17.5. The van der Waals surface area contributed by atoms with Gasteiger partial charge in [0.05, 0.1) is 11.4 Å². The number of rotatable bonds is 6. The summed E-state index contributed by atoms with van der Waals surface area (Å²) >= 11 is 0. The van der Waals surface area contributed by atoms with Crippen molar-refractivity contribution in [2.75, 3.05) is 6.54 Å². The molecule has 0 saturated carbocycles. The molecule has 4 rings (SSSR count). The standard InChI is InChI=1S/C24H25N3O4/c1-15-13-17(18-7-3-5-9-21(18)25-15)14-31-22-10-6-4-8-19(22)20-11-12-27(24(20)29)16(2)23(28)26-30/h3-10,13,16,20,30H,11-12,14H2,1-2H3,(H,26,28)/t16-,20-/m1/s1. The third-order valence-electron chi connectivity index (χ3n) is 5.80. The number of aromatic nitrogens is 1. The summed E-state index contributed by atoms with van der Waals surface area (Å²) in [6, 6.07) is 16.8. The second kappa shape index (κ2) is 8.73. The molecule has 0 bridgehead atoms. The zero-order chi connectivity index (χ0) is 22.0. The van der Waals surface area contributed by atoms with Crippen molar-refractivity contribution in [3.8, 4) is 5.75 Å². The van der Waals surface area contributed by atoms with Crippen LogP contribution in [0.4, 0.5) is 0 Å². The van der Waals surface area contributed by atoms with Crippen LogP contribution in [0.3, 0.4) is 0 Å². The number of hydrogen-bond acceptors (Lipinski definition) is 5. The lowest BCUT2D eigenvalue weighted by Gasteiger charge is -2.23. The summed E-state index contributed by atoms with van der Waals surface area (Å²) in [5.74, 6) is -0.475. The van der Waals surface area contributed by atoms with E-state index in [-0.39, 0.29) is 11.8 Å². The van der Waals surface area contributed by atoms with E-state index in [2.05, 4.69) is 4.98 Å².